The van der Waals surface area contributed by atoms with Gasteiger partial charge in [-0.2, -0.15) is 9.78 Å². The molecule has 6 heteroatoms. The number of amides is 1. The molecule has 0 aromatic carbocycles. The first kappa shape index (κ1) is 19.2. The number of hydrogen-bond acceptors (Lipinski definition) is 5. The van der Waals surface area contributed by atoms with Gasteiger partial charge in [0.05, 0.1) is 12.2 Å². The van der Waals surface area contributed by atoms with Crippen LogP contribution >= 0.6 is 0 Å². The summed E-state index contributed by atoms with van der Waals surface area (Å²) >= 11 is 0. The lowest BCUT2D eigenvalue weighted by Crippen LogP contribution is -2.59. The molecule has 0 atom stereocenters. The van der Waals surface area contributed by atoms with Crippen LogP contribution < -0.4 is 5.32 Å². The molecule has 5 saturated carbocycles. The minimum absolute atomic E-state index is 0.101. The molecular formula is C24H32N2O4. The predicted molar refractivity (Wildman–Crippen MR) is 108 cm³/mol. The number of hydrogen-bond donors (Lipinski definition) is 1. The third-order valence-corrected chi connectivity index (χ3v) is 8.48. The van der Waals surface area contributed by atoms with Gasteiger partial charge in [-0.1, -0.05) is 6.07 Å². The van der Waals surface area contributed by atoms with Crippen LogP contribution in [0.15, 0.2) is 24.4 Å². The van der Waals surface area contributed by atoms with Crippen molar-refractivity contribution < 1.29 is 19.3 Å². The van der Waals surface area contributed by atoms with Crippen molar-refractivity contribution in [2.24, 2.45) is 29.6 Å². The van der Waals surface area contributed by atoms with Gasteiger partial charge < -0.3 is 10.1 Å². The summed E-state index contributed by atoms with van der Waals surface area (Å²) in [5.74, 6) is 2.16. The van der Waals surface area contributed by atoms with Crippen LogP contribution in [0.2, 0.25) is 0 Å². The molecule has 6 nitrogen and oxygen atoms in total. The zero-order valence-corrected chi connectivity index (χ0v) is 17.6. The van der Waals surface area contributed by atoms with E-state index in [1.54, 1.807) is 6.20 Å². The topological polar surface area (TPSA) is 69.7 Å². The van der Waals surface area contributed by atoms with E-state index in [9.17, 15) is 4.79 Å². The summed E-state index contributed by atoms with van der Waals surface area (Å²) in [4.78, 5) is 28.7. The normalized spacial score (nSPS) is 44.1. The van der Waals surface area contributed by atoms with E-state index in [1.165, 1.54) is 32.1 Å². The Labute approximate surface area is 178 Å². The van der Waals surface area contributed by atoms with Gasteiger partial charge in [0.2, 0.25) is 17.5 Å². The van der Waals surface area contributed by atoms with E-state index >= 15 is 0 Å². The molecule has 1 amide bonds. The summed E-state index contributed by atoms with van der Waals surface area (Å²) in [7, 11) is 0. The third kappa shape index (κ3) is 3.28. The van der Waals surface area contributed by atoms with Crippen LogP contribution in [-0.2, 0) is 25.9 Å². The van der Waals surface area contributed by atoms with Gasteiger partial charge in [0.1, 0.15) is 0 Å². The molecule has 2 heterocycles. The van der Waals surface area contributed by atoms with E-state index in [1.807, 2.05) is 18.2 Å². The highest BCUT2D eigenvalue weighted by Crippen LogP contribution is 2.63. The van der Waals surface area contributed by atoms with Crippen molar-refractivity contribution in [1.82, 2.24) is 10.3 Å². The van der Waals surface area contributed by atoms with Crippen LogP contribution in [0.1, 0.15) is 69.9 Å². The molecule has 6 fully saturated rings. The highest BCUT2D eigenvalue weighted by molar-refractivity contribution is 5.76. The highest BCUT2D eigenvalue weighted by Gasteiger charge is 2.66. The summed E-state index contributed by atoms with van der Waals surface area (Å²) in [6, 6.07) is 5.75. The van der Waals surface area contributed by atoms with Gasteiger partial charge in [0.15, 0.2) is 0 Å². The first-order valence-corrected chi connectivity index (χ1v) is 11.9. The molecule has 2 spiro atoms. The quantitative estimate of drug-likeness (QED) is 0.754. The maximum absolute atomic E-state index is 12.4. The van der Waals surface area contributed by atoms with E-state index in [-0.39, 0.29) is 5.91 Å². The number of ether oxygens (including phenoxy) is 1. The van der Waals surface area contributed by atoms with Crippen molar-refractivity contribution in [3.63, 3.8) is 0 Å². The van der Waals surface area contributed by atoms with Crippen LogP contribution in [0.5, 0.6) is 0 Å². The Hall–Kier alpha value is -1.50. The maximum atomic E-state index is 12.4. The fraction of sp³-hybridized carbons (Fsp3) is 0.750. The third-order valence-electron chi connectivity index (χ3n) is 8.48. The Morgan fingerprint density at radius 2 is 1.77 bits per heavy atom. The molecule has 5 aliphatic carbocycles. The van der Waals surface area contributed by atoms with E-state index in [0.717, 1.165) is 43.2 Å². The number of nitrogens with zero attached hydrogens (tertiary/aromatic N) is 1. The minimum atomic E-state index is -0.587. The fourth-order valence-corrected chi connectivity index (χ4v) is 7.14. The summed E-state index contributed by atoms with van der Waals surface area (Å²) in [6.07, 6.45) is 12.2. The van der Waals surface area contributed by atoms with E-state index in [2.05, 4.69) is 10.3 Å². The van der Waals surface area contributed by atoms with Crippen molar-refractivity contribution in [3.05, 3.63) is 30.1 Å². The Morgan fingerprint density at radius 1 is 1.03 bits per heavy atom. The number of carbonyl (C=O) groups is 1. The number of aromatic nitrogens is 1. The Morgan fingerprint density at radius 3 is 2.43 bits per heavy atom. The number of carbonyl (C=O) groups excluding carboxylic acids is 1. The summed E-state index contributed by atoms with van der Waals surface area (Å²) < 4.78 is 6.76. The zero-order chi connectivity index (χ0) is 20.2. The highest BCUT2D eigenvalue weighted by atomic mass is 17.3. The van der Waals surface area contributed by atoms with Gasteiger partial charge in [-0.3, -0.25) is 9.78 Å². The molecule has 162 valence electrons. The lowest BCUT2D eigenvalue weighted by atomic mass is 9.53. The second-order valence-corrected chi connectivity index (χ2v) is 10.5. The van der Waals surface area contributed by atoms with Gasteiger partial charge in [0, 0.05) is 37.3 Å². The van der Waals surface area contributed by atoms with Crippen molar-refractivity contribution in [1.29, 1.82) is 0 Å². The molecule has 7 rings (SSSR count). The van der Waals surface area contributed by atoms with Crippen LogP contribution in [0, 0.1) is 29.6 Å². The van der Waals surface area contributed by atoms with Crippen molar-refractivity contribution in [2.45, 2.75) is 82.3 Å². The van der Waals surface area contributed by atoms with Gasteiger partial charge >= 0.3 is 0 Å². The van der Waals surface area contributed by atoms with Gasteiger partial charge in [0.25, 0.3) is 0 Å². The van der Waals surface area contributed by atoms with E-state index < -0.39 is 11.6 Å². The SMILES string of the molecule is O=C(CC1CCC2(CC1)OOC1(O2)C2CC3CC(C2)CC1C3)NCc1ccccn1. The molecular weight excluding hydrogens is 380 g/mol. The second kappa shape index (κ2) is 7.28. The Balaban J connectivity index is 1.02. The van der Waals surface area contributed by atoms with Gasteiger partial charge in [-0.05, 0) is 74.8 Å². The monoisotopic (exact) mass is 412 g/mol. The molecule has 0 radical (unpaired) electrons. The van der Waals surface area contributed by atoms with Gasteiger partial charge in [-0.25, -0.2) is 0 Å². The molecule has 1 aliphatic heterocycles. The average molecular weight is 413 g/mol. The first-order valence-electron chi connectivity index (χ1n) is 11.9. The molecule has 1 saturated heterocycles. The first-order chi connectivity index (χ1) is 14.6. The smallest absolute Gasteiger partial charge is 0.220 e. The molecule has 30 heavy (non-hydrogen) atoms. The Bertz CT molecular complexity index is 762. The summed E-state index contributed by atoms with van der Waals surface area (Å²) in [5.41, 5.74) is 0.888. The van der Waals surface area contributed by atoms with Crippen molar-refractivity contribution >= 4 is 5.91 Å². The second-order valence-electron chi connectivity index (χ2n) is 10.5. The van der Waals surface area contributed by atoms with E-state index in [0.29, 0.717) is 30.7 Å². The number of rotatable bonds is 4. The largest absolute Gasteiger partial charge is 0.350 e. The maximum Gasteiger partial charge on any atom is 0.220 e. The average Bonchev–Trinajstić information content (AvgIpc) is 3.13. The molecule has 0 unspecified atom stereocenters. The van der Waals surface area contributed by atoms with Crippen LogP contribution in [-0.4, -0.2) is 22.5 Å². The standard InChI is InChI=1S/C24H32N2O4/c27-22(26-15-21-3-1-2-8-25-21)14-16-4-6-23(7-5-16)28-24(30-29-23)19-10-17-9-18(12-19)13-20(24)11-17/h1-3,8,16-20H,4-7,9-15H2,(H,26,27). The predicted octanol–water partition coefficient (Wildman–Crippen LogP) is 4.11. The lowest BCUT2D eigenvalue weighted by Gasteiger charge is -2.57. The van der Waals surface area contributed by atoms with E-state index in [4.69, 9.17) is 14.5 Å². The summed E-state index contributed by atoms with van der Waals surface area (Å²) in [5, 5.41) is 3.00. The van der Waals surface area contributed by atoms with Crippen LogP contribution in [0.25, 0.3) is 0 Å². The number of nitrogens with one attached hydrogen (secondary N) is 1. The van der Waals surface area contributed by atoms with Crippen LogP contribution in [0.3, 0.4) is 0 Å². The molecule has 4 bridgehead atoms. The van der Waals surface area contributed by atoms with Gasteiger partial charge in [-0.15, -0.1) is 0 Å². The molecule has 6 aliphatic rings. The fourth-order valence-electron chi connectivity index (χ4n) is 7.14. The molecule has 1 aromatic rings. The van der Waals surface area contributed by atoms with Crippen molar-refractivity contribution in [3.8, 4) is 0 Å². The molecule has 1 aromatic heterocycles. The number of pyridine rings is 1. The Kier molecular flexibility index (Phi) is 4.66. The van der Waals surface area contributed by atoms with Crippen LogP contribution in [0.4, 0.5) is 0 Å². The minimum Gasteiger partial charge on any atom is -0.350 e. The van der Waals surface area contributed by atoms with Crippen molar-refractivity contribution in [2.75, 3.05) is 0 Å². The lowest BCUT2D eigenvalue weighted by molar-refractivity contribution is -0.390. The zero-order valence-electron chi connectivity index (χ0n) is 17.6. The molecule has 1 N–H and O–H groups in total. The summed E-state index contributed by atoms with van der Waals surface area (Å²) in [6.45, 7) is 0.490.